The molecule has 0 aromatic heterocycles. The predicted molar refractivity (Wildman–Crippen MR) is 57.9 cm³/mol. The molecule has 0 fully saturated rings. The zero-order chi connectivity index (χ0) is 9.94. The summed E-state index contributed by atoms with van der Waals surface area (Å²) in [7, 11) is 0. The quantitative estimate of drug-likeness (QED) is 0.542. The summed E-state index contributed by atoms with van der Waals surface area (Å²) in [5, 5.41) is 11.7. The molecule has 0 amide bonds. The van der Waals surface area contributed by atoms with Crippen molar-refractivity contribution in [3.05, 3.63) is 0 Å². The largest absolute Gasteiger partial charge is 0.395 e. The number of hydrogen-bond donors (Lipinski definition) is 2. The molecular weight excluding hydrogens is 162 g/mol. The van der Waals surface area contributed by atoms with Gasteiger partial charge < -0.3 is 10.4 Å². The van der Waals surface area contributed by atoms with Crippen molar-refractivity contribution in [3.8, 4) is 0 Å². The summed E-state index contributed by atoms with van der Waals surface area (Å²) >= 11 is 0. The number of aliphatic hydroxyl groups excluding tert-OH is 1. The smallest absolute Gasteiger partial charge is 0.0555 e. The van der Waals surface area contributed by atoms with E-state index >= 15 is 0 Å². The van der Waals surface area contributed by atoms with Crippen molar-refractivity contribution in [1.29, 1.82) is 0 Å². The van der Waals surface area contributed by atoms with Crippen LogP contribution in [0, 0.1) is 5.92 Å². The topological polar surface area (TPSA) is 32.3 Å². The molecule has 0 heterocycles. The molecule has 0 radical (unpaired) electrons. The monoisotopic (exact) mass is 187 g/mol. The highest BCUT2D eigenvalue weighted by Gasteiger charge is 2.00. The van der Waals surface area contributed by atoms with E-state index in [0.29, 0.717) is 0 Å². The first-order valence-corrected chi connectivity index (χ1v) is 5.62. The molecule has 0 aliphatic carbocycles. The Bertz CT molecular complexity index is 96.1. The molecule has 0 aromatic carbocycles. The Labute approximate surface area is 82.7 Å². The maximum absolute atomic E-state index is 8.54. The number of unbranched alkanes of at least 4 members (excludes halogenated alkanes) is 2. The first kappa shape index (κ1) is 12.9. The van der Waals surface area contributed by atoms with Crippen molar-refractivity contribution < 1.29 is 5.11 Å². The number of aliphatic hydroxyl groups is 1. The van der Waals surface area contributed by atoms with Crippen LogP contribution in [0.1, 0.15) is 46.0 Å². The maximum atomic E-state index is 8.54. The van der Waals surface area contributed by atoms with E-state index in [1.165, 1.54) is 32.1 Å². The molecule has 1 atom stereocenters. The third-order valence-electron chi connectivity index (χ3n) is 2.40. The van der Waals surface area contributed by atoms with Gasteiger partial charge in [0.25, 0.3) is 0 Å². The van der Waals surface area contributed by atoms with Crippen LogP contribution < -0.4 is 5.32 Å². The third kappa shape index (κ3) is 9.84. The highest BCUT2D eigenvalue weighted by molar-refractivity contribution is 4.56. The van der Waals surface area contributed by atoms with Gasteiger partial charge in [-0.25, -0.2) is 0 Å². The molecule has 0 saturated carbocycles. The number of rotatable bonds is 9. The average Bonchev–Trinajstić information content (AvgIpc) is 2.13. The molecule has 0 aromatic rings. The van der Waals surface area contributed by atoms with Crippen LogP contribution in [0.25, 0.3) is 0 Å². The summed E-state index contributed by atoms with van der Waals surface area (Å²) in [5.41, 5.74) is 0. The molecule has 0 aliphatic rings. The average molecular weight is 187 g/mol. The van der Waals surface area contributed by atoms with Crippen molar-refractivity contribution in [2.24, 2.45) is 5.92 Å². The van der Waals surface area contributed by atoms with E-state index in [2.05, 4.69) is 19.2 Å². The van der Waals surface area contributed by atoms with E-state index in [1.54, 1.807) is 0 Å². The van der Waals surface area contributed by atoms with Crippen LogP contribution >= 0.6 is 0 Å². The van der Waals surface area contributed by atoms with Gasteiger partial charge in [0.2, 0.25) is 0 Å². The van der Waals surface area contributed by atoms with Crippen LogP contribution in [-0.4, -0.2) is 24.8 Å². The van der Waals surface area contributed by atoms with Crippen LogP contribution in [0.15, 0.2) is 0 Å². The van der Waals surface area contributed by atoms with Crippen molar-refractivity contribution in [2.45, 2.75) is 46.0 Å². The number of nitrogens with one attached hydrogen (secondary N) is 1. The molecule has 0 aliphatic heterocycles. The molecule has 80 valence electrons. The van der Waals surface area contributed by atoms with Gasteiger partial charge in [0.05, 0.1) is 6.61 Å². The Kier molecular flexibility index (Phi) is 9.94. The van der Waals surface area contributed by atoms with Gasteiger partial charge >= 0.3 is 0 Å². The van der Waals surface area contributed by atoms with Gasteiger partial charge in [-0.05, 0) is 18.9 Å². The van der Waals surface area contributed by atoms with Gasteiger partial charge in [0.15, 0.2) is 0 Å². The van der Waals surface area contributed by atoms with Gasteiger partial charge in [-0.3, -0.25) is 0 Å². The van der Waals surface area contributed by atoms with Crippen molar-refractivity contribution in [3.63, 3.8) is 0 Å². The Morgan fingerprint density at radius 1 is 1.15 bits per heavy atom. The standard InChI is InChI=1S/C11H25NO/c1-3-4-5-6-11(2)7-8-12-9-10-13/h11-13H,3-10H2,1-2H3. The van der Waals surface area contributed by atoms with Crippen molar-refractivity contribution >= 4 is 0 Å². The number of hydrogen-bond acceptors (Lipinski definition) is 2. The highest BCUT2D eigenvalue weighted by atomic mass is 16.3. The first-order valence-electron chi connectivity index (χ1n) is 5.62. The molecule has 0 spiro atoms. The Hall–Kier alpha value is -0.0800. The second-order valence-electron chi connectivity index (χ2n) is 3.86. The molecule has 0 bridgehead atoms. The summed E-state index contributed by atoms with van der Waals surface area (Å²) in [6.07, 6.45) is 6.65. The minimum Gasteiger partial charge on any atom is -0.395 e. The molecule has 1 unspecified atom stereocenters. The lowest BCUT2D eigenvalue weighted by Crippen LogP contribution is -2.20. The van der Waals surface area contributed by atoms with Crippen LogP contribution in [0.2, 0.25) is 0 Å². The van der Waals surface area contributed by atoms with E-state index in [0.717, 1.165) is 19.0 Å². The second kappa shape index (κ2) is 10.0. The fourth-order valence-corrected chi connectivity index (χ4v) is 1.44. The Morgan fingerprint density at radius 3 is 2.54 bits per heavy atom. The van der Waals surface area contributed by atoms with Crippen LogP contribution in [0.3, 0.4) is 0 Å². The normalized spacial score (nSPS) is 13.2. The first-order chi connectivity index (χ1) is 6.31. The summed E-state index contributed by atoms with van der Waals surface area (Å²) < 4.78 is 0. The highest BCUT2D eigenvalue weighted by Crippen LogP contribution is 2.11. The van der Waals surface area contributed by atoms with Gasteiger partial charge in [-0.15, -0.1) is 0 Å². The van der Waals surface area contributed by atoms with Crippen molar-refractivity contribution in [2.75, 3.05) is 19.7 Å². The second-order valence-corrected chi connectivity index (χ2v) is 3.86. The van der Waals surface area contributed by atoms with Gasteiger partial charge in [0, 0.05) is 6.54 Å². The summed E-state index contributed by atoms with van der Waals surface area (Å²) in [5.74, 6) is 0.831. The van der Waals surface area contributed by atoms with Crippen LogP contribution in [0.4, 0.5) is 0 Å². The predicted octanol–water partition coefficient (Wildman–Crippen LogP) is 2.17. The Morgan fingerprint density at radius 2 is 1.92 bits per heavy atom. The zero-order valence-electron chi connectivity index (χ0n) is 9.18. The molecule has 2 heteroatoms. The summed E-state index contributed by atoms with van der Waals surface area (Å²) in [6.45, 7) is 6.60. The summed E-state index contributed by atoms with van der Waals surface area (Å²) in [6, 6.07) is 0. The molecule has 2 nitrogen and oxygen atoms in total. The van der Waals surface area contributed by atoms with E-state index in [9.17, 15) is 0 Å². The van der Waals surface area contributed by atoms with E-state index in [-0.39, 0.29) is 6.61 Å². The Balaban J connectivity index is 3.05. The van der Waals surface area contributed by atoms with E-state index < -0.39 is 0 Å². The van der Waals surface area contributed by atoms with Gasteiger partial charge in [0.1, 0.15) is 0 Å². The minimum absolute atomic E-state index is 0.254. The van der Waals surface area contributed by atoms with Crippen LogP contribution in [-0.2, 0) is 0 Å². The lowest BCUT2D eigenvalue weighted by molar-refractivity contribution is 0.290. The summed E-state index contributed by atoms with van der Waals surface area (Å²) in [4.78, 5) is 0. The molecule has 0 saturated heterocycles. The lowest BCUT2D eigenvalue weighted by Gasteiger charge is -2.10. The van der Waals surface area contributed by atoms with Gasteiger partial charge in [-0.2, -0.15) is 0 Å². The van der Waals surface area contributed by atoms with Crippen molar-refractivity contribution in [1.82, 2.24) is 5.32 Å². The van der Waals surface area contributed by atoms with Gasteiger partial charge in [-0.1, -0.05) is 39.5 Å². The molecule has 0 rings (SSSR count). The van der Waals surface area contributed by atoms with E-state index in [1.807, 2.05) is 0 Å². The van der Waals surface area contributed by atoms with E-state index in [4.69, 9.17) is 5.11 Å². The molecular formula is C11H25NO. The fraction of sp³-hybridized carbons (Fsp3) is 1.00. The fourth-order valence-electron chi connectivity index (χ4n) is 1.44. The zero-order valence-corrected chi connectivity index (χ0v) is 9.18. The SMILES string of the molecule is CCCCCC(C)CCNCCO. The third-order valence-corrected chi connectivity index (χ3v) is 2.40. The lowest BCUT2D eigenvalue weighted by atomic mass is 10.00. The molecule has 2 N–H and O–H groups in total. The minimum atomic E-state index is 0.254. The molecule has 13 heavy (non-hydrogen) atoms. The maximum Gasteiger partial charge on any atom is 0.0555 e. The van der Waals surface area contributed by atoms with Crippen LogP contribution in [0.5, 0.6) is 0 Å².